The number of nitrogens with one attached hydrogen (secondary N) is 1. The van der Waals surface area contributed by atoms with E-state index in [0.29, 0.717) is 11.6 Å². The number of pyridine rings is 2. The number of rotatable bonds is 6. The quantitative estimate of drug-likeness (QED) is 0.641. The van der Waals surface area contributed by atoms with Crippen LogP contribution in [0.2, 0.25) is 0 Å². The molecule has 4 rings (SSSR count). The van der Waals surface area contributed by atoms with Crippen molar-refractivity contribution in [2.75, 3.05) is 43.5 Å². The SMILES string of the molecule is COc1ccnc(Nc2cccc(-c3cnc(N4CCN(C=O)CC4)s3)n2)c1. The van der Waals surface area contributed by atoms with Crippen molar-refractivity contribution in [2.45, 2.75) is 0 Å². The second-order valence-corrected chi connectivity index (χ2v) is 7.26. The summed E-state index contributed by atoms with van der Waals surface area (Å²) in [6, 6.07) is 9.42. The molecule has 4 heterocycles. The maximum Gasteiger partial charge on any atom is 0.209 e. The largest absolute Gasteiger partial charge is 0.497 e. The third-order valence-electron chi connectivity index (χ3n) is 4.45. The van der Waals surface area contributed by atoms with E-state index in [1.165, 1.54) is 0 Å². The van der Waals surface area contributed by atoms with E-state index in [1.807, 2.05) is 30.5 Å². The fraction of sp³-hybridized carbons (Fsp3) is 0.263. The van der Waals surface area contributed by atoms with Gasteiger partial charge in [-0.25, -0.2) is 15.0 Å². The molecule has 1 aliphatic heterocycles. The Morgan fingerprint density at radius 1 is 1.14 bits per heavy atom. The van der Waals surface area contributed by atoms with Crippen molar-refractivity contribution in [3.05, 3.63) is 42.7 Å². The summed E-state index contributed by atoms with van der Waals surface area (Å²) < 4.78 is 5.23. The molecule has 1 saturated heterocycles. The van der Waals surface area contributed by atoms with Crippen molar-refractivity contribution in [2.24, 2.45) is 0 Å². The minimum atomic E-state index is 0.669. The Morgan fingerprint density at radius 3 is 2.79 bits per heavy atom. The molecule has 3 aromatic heterocycles. The third kappa shape index (κ3) is 4.04. The van der Waals surface area contributed by atoms with Crippen LogP contribution in [0.3, 0.4) is 0 Å². The summed E-state index contributed by atoms with van der Waals surface area (Å²) in [6.07, 6.45) is 4.44. The van der Waals surface area contributed by atoms with Gasteiger partial charge in [0, 0.05) is 44.6 Å². The number of nitrogens with zero attached hydrogens (tertiary/aromatic N) is 5. The van der Waals surface area contributed by atoms with Crippen molar-refractivity contribution in [1.82, 2.24) is 19.9 Å². The molecule has 0 spiro atoms. The third-order valence-corrected chi connectivity index (χ3v) is 5.53. The molecule has 144 valence electrons. The zero-order chi connectivity index (χ0) is 19.3. The fourth-order valence-corrected chi connectivity index (χ4v) is 3.86. The summed E-state index contributed by atoms with van der Waals surface area (Å²) in [7, 11) is 1.62. The van der Waals surface area contributed by atoms with Gasteiger partial charge in [-0.2, -0.15) is 0 Å². The molecule has 0 saturated carbocycles. The van der Waals surface area contributed by atoms with Crippen LogP contribution in [0, 0.1) is 0 Å². The normalized spacial score (nSPS) is 14.0. The van der Waals surface area contributed by atoms with E-state index in [9.17, 15) is 4.79 Å². The van der Waals surface area contributed by atoms with E-state index >= 15 is 0 Å². The highest BCUT2D eigenvalue weighted by molar-refractivity contribution is 7.18. The van der Waals surface area contributed by atoms with E-state index in [1.54, 1.807) is 35.6 Å². The average Bonchev–Trinajstić information content (AvgIpc) is 3.24. The van der Waals surface area contributed by atoms with Gasteiger partial charge in [0.05, 0.1) is 17.7 Å². The Kier molecular flexibility index (Phi) is 5.34. The van der Waals surface area contributed by atoms with Crippen molar-refractivity contribution in [3.8, 4) is 16.3 Å². The van der Waals surface area contributed by atoms with Crippen LogP contribution in [-0.2, 0) is 4.79 Å². The Bertz CT molecular complexity index is 955. The van der Waals surface area contributed by atoms with Gasteiger partial charge in [0.15, 0.2) is 5.13 Å². The lowest BCUT2D eigenvalue weighted by Gasteiger charge is -2.32. The van der Waals surface area contributed by atoms with Crippen molar-refractivity contribution >= 4 is 34.5 Å². The molecule has 1 fully saturated rings. The van der Waals surface area contributed by atoms with Crippen molar-refractivity contribution in [3.63, 3.8) is 0 Å². The molecular weight excluding hydrogens is 376 g/mol. The van der Waals surface area contributed by atoms with E-state index in [-0.39, 0.29) is 0 Å². The molecule has 28 heavy (non-hydrogen) atoms. The van der Waals surface area contributed by atoms with Crippen LogP contribution < -0.4 is 15.0 Å². The molecule has 0 radical (unpaired) electrons. The Morgan fingerprint density at radius 2 is 2.00 bits per heavy atom. The summed E-state index contributed by atoms with van der Waals surface area (Å²) in [5.41, 5.74) is 0.850. The van der Waals surface area contributed by atoms with Gasteiger partial charge in [0.1, 0.15) is 17.4 Å². The Hall–Kier alpha value is -3.20. The number of anilines is 3. The van der Waals surface area contributed by atoms with Crippen LogP contribution in [0.25, 0.3) is 10.6 Å². The van der Waals surface area contributed by atoms with Gasteiger partial charge < -0.3 is 19.9 Å². The lowest BCUT2D eigenvalue weighted by molar-refractivity contribution is -0.118. The predicted molar refractivity (Wildman–Crippen MR) is 109 cm³/mol. The van der Waals surface area contributed by atoms with Gasteiger partial charge in [-0.1, -0.05) is 17.4 Å². The van der Waals surface area contributed by atoms with Crippen LogP contribution >= 0.6 is 11.3 Å². The number of aromatic nitrogens is 3. The maximum absolute atomic E-state index is 10.9. The number of piperazine rings is 1. The molecule has 1 aliphatic rings. The molecule has 0 unspecified atom stereocenters. The minimum absolute atomic E-state index is 0.669. The number of carbonyl (C=O) groups is 1. The summed E-state index contributed by atoms with van der Waals surface area (Å²) in [4.78, 5) is 29.4. The van der Waals surface area contributed by atoms with Crippen LogP contribution in [0.15, 0.2) is 42.7 Å². The molecule has 0 aliphatic carbocycles. The second kappa shape index (κ2) is 8.22. The average molecular weight is 396 g/mol. The fourth-order valence-electron chi connectivity index (χ4n) is 2.93. The van der Waals surface area contributed by atoms with E-state index in [2.05, 4.69) is 25.2 Å². The monoisotopic (exact) mass is 396 g/mol. The number of amides is 1. The molecule has 0 aromatic carbocycles. The molecular formula is C19H20N6O2S. The molecule has 8 nitrogen and oxygen atoms in total. The summed E-state index contributed by atoms with van der Waals surface area (Å²) in [5.74, 6) is 2.10. The minimum Gasteiger partial charge on any atom is -0.497 e. The number of carbonyl (C=O) groups excluding carboxylic acids is 1. The van der Waals surface area contributed by atoms with Crippen molar-refractivity contribution < 1.29 is 9.53 Å². The topological polar surface area (TPSA) is 83.5 Å². The summed E-state index contributed by atoms with van der Waals surface area (Å²) >= 11 is 1.60. The number of methoxy groups -OCH3 is 1. The molecule has 0 bridgehead atoms. The van der Waals surface area contributed by atoms with Crippen LogP contribution in [0.4, 0.5) is 16.8 Å². The van der Waals surface area contributed by atoms with E-state index in [0.717, 1.165) is 54.0 Å². The highest BCUT2D eigenvalue weighted by atomic mass is 32.1. The molecule has 1 N–H and O–H groups in total. The zero-order valence-corrected chi connectivity index (χ0v) is 16.2. The lowest BCUT2D eigenvalue weighted by atomic mass is 10.3. The number of hydrogen-bond acceptors (Lipinski definition) is 8. The Labute approximate surface area is 166 Å². The lowest BCUT2D eigenvalue weighted by Crippen LogP contribution is -2.45. The second-order valence-electron chi connectivity index (χ2n) is 6.25. The van der Waals surface area contributed by atoms with E-state index < -0.39 is 0 Å². The molecule has 0 atom stereocenters. The van der Waals surface area contributed by atoms with Gasteiger partial charge in [-0.05, 0) is 18.2 Å². The van der Waals surface area contributed by atoms with Crippen LogP contribution in [-0.4, -0.2) is 59.6 Å². The van der Waals surface area contributed by atoms with Gasteiger partial charge in [0.2, 0.25) is 6.41 Å². The highest BCUT2D eigenvalue weighted by Crippen LogP contribution is 2.31. The van der Waals surface area contributed by atoms with Gasteiger partial charge >= 0.3 is 0 Å². The molecule has 9 heteroatoms. The number of ether oxygens (including phenoxy) is 1. The molecule has 3 aromatic rings. The summed E-state index contributed by atoms with van der Waals surface area (Å²) in [5, 5.41) is 4.16. The number of hydrogen-bond donors (Lipinski definition) is 1. The first-order valence-electron chi connectivity index (χ1n) is 8.90. The first-order chi connectivity index (χ1) is 13.7. The van der Waals surface area contributed by atoms with Gasteiger partial charge in [-0.15, -0.1) is 0 Å². The smallest absolute Gasteiger partial charge is 0.209 e. The van der Waals surface area contributed by atoms with Crippen molar-refractivity contribution in [1.29, 1.82) is 0 Å². The van der Waals surface area contributed by atoms with Gasteiger partial charge in [0.25, 0.3) is 0 Å². The van der Waals surface area contributed by atoms with Gasteiger partial charge in [-0.3, -0.25) is 4.79 Å². The maximum atomic E-state index is 10.9. The summed E-state index contributed by atoms with van der Waals surface area (Å²) in [6.45, 7) is 3.04. The molecule has 1 amide bonds. The zero-order valence-electron chi connectivity index (χ0n) is 15.4. The van der Waals surface area contributed by atoms with Crippen LogP contribution in [0.1, 0.15) is 0 Å². The highest BCUT2D eigenvalue weighted by Gasteiger charge is 2.19. The first kappa shape index (κ1) is 18.2. The van der Waals surface area contributed by atoms with E-state index in [4.69, 9.17) is 4.74 Å². The standard InChI is InChI=1S/C19H20N6O2S/c1-27-14-5-6-20-18(11-14)23-17-4-2-3-15(22-17)16-12-21-19(28-16)25-9-7-24(13-26)8-10-25/h2-6,11-13H,7-10H2,1H3,(H,20,22,23). The number of thiazole rings is 1. The van der Waals surface area contributed by atoms with Crippen LogP contribution in [0.5, 0.6) is 5.75 Å². The Balaban J connectivity index is 1.49. The first-order valence-corrected chi connectivity index (χ1v) is 9.71. The predicted octanol–water partition coefficient (Wildman–Crippen LogP) is 2.63.